The van der Waals surface area contributed by atoms with E-state index in [0.29, 0.717) is 0 Å². The van der Waals surface area contributed by atoms with Gasteiger partial charge in [0.2, 0.25) is 5.03 Å². The van der Waals surface area contributed by atoms with Gasteiger partial charge in [0.15, 0.2) is 0 Å². The first-order valence-corrected chi connectivity index (χ1v) is 13.0. The average molecular weight is 461 g/mol. The summed E-state index contributed by atoms with van der Waals surface area (Å²) in [5.74, 6) is 7.54. The van der Waals surface area contributed by atoms with Gasteiger partial charge in [-0.05, 0) is 69.4 Å². The van der Waals surface area contributed by atoms with Crippen LogP contribution in [0.15, 0.2) is 34.2 Å². The highest BCUT2D eigenvalue weighted by Gasteiger charge is 2.34. The van der Waals surface area contributed by atoms with Gasteiger partial charge in [0.05, 0.1) is 18.0 Å². The smallest absolute Gasteiger partial charge is 0.304 e. The van der Waals surface area contributed by atoms with Gasteiger partial charge in [0.25, 0.3) is 0 Å². The van der Waals surface area contributed by atoms with Crippen molar-refractivity contribution in [3.05, 3.63) is 46.5 Å². The van der Waals surface area contributed by atoms with E-state index in [2.05, 4.69) is 11.0 Å². The number of pyridine rings is 1. The SMILES string of the molecule is CSc1c(C#N)c2c(c(N3CCCC3)[n+]1N)CCCC2.Cc1ccc(S(=O)(=O)[O-])cc1. The van der Waals surface area contributed by atoms with Crippen molar-refractivity contribution in [1.82, 2.24) is 0 Å². The van der Waals surface area contributed by atoms with Crippen LogP contribution >= 0.6 is 11.8 Å². The molecule has 0 atom stereocenters. The second kappa shape index (κ2) is 9.90. The van der Waals surface area contributed by atoms with Crippen LogP contribution < -0.4 is 15.4 Å². The highest BCUT2D eigenvalue weighted by molar-refractivity contribution is 7.98. The van der Waals surface area contributed by atoms with Gasteiger partial charge < -0.3 is 4.55 Å². The number of aromatic nitrogens is 1. The fraction of sp³-hybridized carbons (Fsp3) is 0.455. The van der Waals surface area contributed by atoms with Crippen LogP contribution in [0.25, 0.3) is 0 Å². The Bertz CT molecular complexity index is 1090. The van der Waals surface area contributed by atoms with Gasteiger partial charge in [-0.25, -0.2) is 8.42 Å². The minimum Gasteiger partial charge on any atom is -0.744 e. The van der Waals surface area contributed by atoms with Gasteiger partial charge in [-0.2, -0.15) is 5.26 Å². The summed E-state index contributed by atoms with van der Waals surface area (Å²) in [5.41, 5.74) is 4.32. The molecule has 2 aliphatic rings. The molecule has 2 heterocycles. The average Bonchev–Trinajstić information content (AvgIpc) is 3.27. The third-order valence-corrected chi connectivity index (χ3v) is 7.36. The molecule has 0 amide bonds. The molecule has 9 heteroatoms. The van der Waals surface area contributed by atoms with Gasteiger partial charge in [-0.15, -0.1) is 4.68 Å². The van der Waals surface area contributed by atoms with Crippen molar-refractivity contribution in [2.24, 2.45) is 0 Å². The van der Waals surface area contributed by atoms with Gasteiger partial charge in [-0.1, -0.05) is 29.5 Å². The highest BCUT2D eigenvalue weighted by Crippen LogP contribution is 2.34. The number of nitrogens with two attached hydrogens (primary N) is 1. The molecule has 1 saturated heterocycles. The van der Waals surface area contributed by atoms with Crippen LogP contribution in [-0.4, -0.2) is 32.3 Å². The molecule has 1 fully saturated rings. The van der Waals surface area contributed by atoms with Crippen LogP contribution in [0.1, 0.15) is 47.9 Å². The number of fused-ring (bicyclic) bond motifs is 1. The van der Waals surface area contributed by atoms with Crippen LogP contribution in [0.2, 0.25) is 0 Å². The summed E-state index contributed by atoms with van der Waals surface area (Å²) in [6.07, 6.45) is 8.95. The quantitative estimate of drug-likeness (QED) is 0.324. The molecule has 7 nitrogen and oxygen atoms in total. The summed E-state index contributed by atoms with van der Waals surface area (Å²) in [4.78, 5) is 2.23. The number of anilines is 1. The Morgan fingerprint density at radius 2 is 1.68 bits per heavy atom. The third kappa shape index (κ3) is 5.14. The summed E-state index contributed by atoms with van der Waals surface area (Å²) in [7, 11) is -4.27. The maximum absolute atomic E-state index is 10.4. The largest absolute Gasteiger partial charge is 0.744 e. The van der Waals surface area contributed by atoms with Crippen LogP contribution in [0, 0.1) is 18.3 Å². The van der Waals surface area contributed by atoms with Crippen molar-refractivity contribution in [3.63, 3.8) is 0 Å². The Labute approximate surface area is 188 Å². The number of nitriles is 1. The van der Waals surface area contributed by atoms with E-state index in [9.17, 15) is 18.2 Å². The number of benzene rings is 1. The summed E-state index contributed by atoms with van der Waals surface area (Å²) < 4.78 is 32.9. The Kier molecular flexibility index (Phi) is 7.46. The fourth-order valence-corrected chi connectivity index (χ4v) is 5.34. The number of thioether (sulfide) groups is 1. The van der Waals surface area contributed by atoms with Crippen molar-refractivity contribution in [2.75, 3.05) is 30.1 Å². The van der Waals surface area contributed by atoms with Crippen molar-refractivity contribution in [3.8, 4) is 6.07 Å². The lowest BCUT2D eigenvalue weighted by Gasteiger charge is -2.24. The molecule has 2 aromatic rings. The fourth-order valence-electron chi connectivity index (χ4n) is 4.21. The molecule has 1 aromatic heterocycles. The zero-order valence-electron chi connectivity index (χ0n) is 17.9. The number of nitrogens with zero attached hydrogens (tertiary/aromatic N) is 3. The van der Waals surface area contributed by atoms with E-state index in [4.69, 9.17) is 5.84 Å². The first-order valence-electron chi connectivity index (χ1n) is 10.4. The van der Waals surface area contributed by atoms with Crippen molar-refractivity contribution >= 4 is 27.7 Å². The molecule has 166 valence electrons. The summed E-state index contributed by atoms with van der Waals surface area (Å²) in [6.45, 7) is 3.99. The number of aryl methyl sites for hydroxylation is 1. The molecular formula is C22H28N4O3S2. The molecule has 0 bridgehead atoms. The topological polar surface area (TPSA) is 114 Å². The molecule has 31 heavy (non-hydrogen) atoms. The standard InChI is InChI=1S/C15H21N4S.C7H8O3S/c1-20-15-13(10-16)11-6-2-3-7-12(11)14(19(15)17)18-8-4-5-9-18;1-6-2-4-7(5-3-6)11(8,9)10/h2-9,17H2,1H3;2-5H,1H3,(H,8,9,10)/q+1;/p-1. The number of hydrogen-bond donors (Lipinski definition) is 1. The van der Waals surface area contributed by atoms with Crippen LogP contribution in [0.4, 0.5) is 5.82 Å². The minimum atomic E-state index is -4.27. The van der Waals surface area contributed by atoms with Crippen molar-refractivity contribution in [2.45, 2.75) is 55.4 Å². The van der Waals surface area contributed by atoms with Crippen molar-refractivity contribution < 1.29 is 17.6 Å². The molecule has 1 aliphatic carbocycles. The molecule has 4 rings (SSSR count). The van der Waals surface area contributed by atoms with Crippen LogP contribution in [0.3, 0.4) is 0 Å². The van der Waals surface area contributed by atoms with Crippen molar-refractivity contribution in [1.29, 1.82) is 5.26 Å². The lowest BCUT2D eigenvalue weighted by Crippen LogP contribution is -2.53. The van der Waals surface area contributed by atoms with Gasteiger partial charge in [0.1, 0.15) is 21.8 Å². The predicted molar refractivity (Wildman–Crippen MR) is 121 cm³/mol. The first-order chi connectivity index (χ1) is 14.8. The van der Waals surface area contributed by atoms with E-state index in [-0.39, 0.29) is 4.90 Å². The lowest BCUT2D eigenvalue weighted by atomic mass is 9.89. The molecule has 0 spiro atoms. The molecule has 0 unspecified atom stereocenters. The molecule has 0 saturated carbocycles. The Morgan fingerprint density at radius 3 is 2.19 bits per heavy atom. The normalized spacial score (nSPS) is 15.6. The zero-order valence-corrected chi connectivity index (χ0v) is 19.6. The second-order valence-electron chi connectivity index (χ2n) is 7.82. The summed E-state index contributed by atoms with van der Waals surface area (Å²) in [5, 5.41) is 10.5. The van der Waals surface area contributed by atoms with Gasteiger partial charge in [0, 0.05) is 5.56 Å². The molecule has 1 aliphatic heterocycles. The predicted octanol–water partition coefficient (Wildman–Crippen LogP) is 2.66. The Hall–Kier alpha value is -2.28. The zero-order chi connectivity index (χ0) is 22.6. The molecule has 2 N–H and O–H groups in total. The Morgan fingerprint density at radius 1 is 1.10 bits per heavy atom. The van der Waals surface area contributed by atoms with Crippen LogP contribution in [0.5, 0.6) is 0 Å². The number of hydrogen-bond acceptors (Lipinski definition) is 7. The molecule has 1 aromatic carbocycles. The first kappa shape index (κ1) is 23.4. The molecule has 0 radical (unpaired) electrons. The number of rotatable bonds is 3. The summed E-state index contributed by atoms with van der Waals surface area (Å²) >= 11 is 1.58. The van der Waals surface area contributed by atoms with E-state index in [1.807, 2.05) is 13.2 Å². The maximum Gasteiger partial charge on any atom is 0.304 e. The van der Waals surface area contributed by atoms with E-state index in [0.717, 1.165) is 42.1 Å². The van der Waals surface area contributed by atoms with Crippen LogP contribution in [-0.2, 0) is 23.0 Å². The van der Waals surface area contributed by atoms with E-state index < -0.39 is 10.1 Å². The van der Waals surface area contributed by atoms with E-state index >= 15 is 0 Å². The van der Waals surface area contributed by atoms with Gasteiger partial charge in [-0.3, -0.25) is 10.7 Å². The lowest BCUT2D eigenvalue weighted by molar-refractivity contribution is -0.665. The van der Waals surface area contributed by atoms with Gasteiger partial charge >= 0.3 is 5.82 Å². The summed E-state index contributed by atoms with van der Waals surface area (Å²) in [6, 6.07) is 8.18. The Balaban J connectivity index is 0.000000210. The monoisotopic (exact) mass is 460 g/mol. The minimum absolute atomic E-state index is 0.178. The third-order valence-electron chi connectivity index (χ3n) is 5.72. The molecular weight excluding hydrogens is 432 g/mol. The highest BCUT2D eigenvalue weighted by atomic mass is 32.2. The maximum atomic E-state index is 10.4. The number of nitrogen functional groups attached to an aromatic ring is 1. The second-order valence-corrected chi connectivity index (χ2v) is 9.99. The van der Waals surface area contributed by atoms with E-state index in [1.54, 1.807) is 28.6 Å². The van der Waals surface area contributed by atoms with E-state index in [1.165, 1.54) is 54.8 Å².